The van der Waals surface area contributed by atoms with E-state index in [9.17, 15) is 0 Å². The first-order chi connectivity index (χ1) is 16.3. The number of nitrogens with zero attached hydrogens (tertiary/aromatic N) is 1. The van der Waals surface area contributed by atoms with Gasteiger partial charge in [0.15, 0.2) is 6.29 Å². The lowest BCUT2D eigenvalue weighted by Crippen LogP contribution is -2.53. The second-order valence-corrected chi connectivity index (χ2v) is 8.09. The van der Waals surface area contributed by atoms with Crippen molar-refractivity contribution < 1.29 is 14.2 Å². The van der Waals surface area contributed by atoms with Crippen molar-refractivity contribution in [2.75, 3.05) is 31.2 Å². The molecule has 3 aromatic carbocycles. The van der Waals surface area contributed by atoms with Gasteiger partial charge in [-0.15, -0.1) is 0 Å². The number of nitrogens with one attached hydrogen (secondary N) is 1. The SMILES string of the molecule is CCOC(CN1c2ccccc2OC(c2ccccc2)C1CNCc1ccccc1)OCC. The second kappa shape index (κ2) is 11.8. The van der Waals surface area contributed by atoms with Gasteiger partial charge in [0.2, 0.25) is 0 Å². The van der Waals surface area contributed by atoms with Crippen molar-refractivity contribution in [1.82, 2.24) is 5.32 Å². The maximum Gasteiger partial charge on any atom is 0.174 e. The van der Waals surface area contributed by atoms with Crippen molar-refractivity contribution in [1.29, 1.82) is 0 Å². The Morgan fingerprint density at radius 3 is 2.18 bits per heavy atom. The van der Waals surface area contributed by atoms with Gasteiger partial charge < -0.3 is 24.4 Å². The Bertz CT molecular complexity index is 961. The van der Waals surface area contributed by atoms with Gasteiger partial charge in [-0.3, -0.25) is 0 Å². The molecule has 0 spiro atoms. The van der Waals surface area contributed by atoms with Crippen molar-refractivity contribution in [3.63, 3.8) is 0 Å². The van der Waals surface area contributed by atoms with E-state index in [0.717, 1.165) is 30.1 Å². The van der Waals surface area contributed by atoms with Crippen molar-refractivity contribution in [3.8, 4) is 5.75 Å². The van der Waals surface area contributed by atoms with E-state index >= 15 is 0 Å². The molecular formula is C28H34N2O3. The molecule has 0 amide bonds. The highest BCUT2D eigenvalue weighted by Gasteiger charge is 2.37. The topological polar surface area (TPSA) is 43.0 Å². The maximum absolute atomic E-state index is 6.60. The van der Waals surface area contributed by atoms with Crippen LogP contribution >= 0.6 is 0 Å². The molecule has 0 aliphatic carbocycles. The van der Waals surface area contributed by atoms with Gasteiger partial charge in [-0.05, 0) is 37.1 Å². The molecule has 5 nitrogen and oxygen atoms in total. The van der Waals surface area contributed by atoms with Crippen LogP contribution < -0.4 is 15.0 Å². The summed E-state index contributed by atoms with van der Waals surface area (Å²) >= 11 is 0. The Labute approximate surface area is 197 Å². The normalized spacial score (nSPS) is 17.6. The summed E-state index contributed by atoms with van der Waals surface area (Å²) in [6, 6.07) is 29.3. The fraction of sp³-hybridized carbons (Fsp3) is 0.357. The van der Waals surface area contributed by atoms with E-state index in [2.05, 4.69) is 70.9 Å². The lowest BCUT2D eigenvalue weighted by Gasteiger charge is -2.45. The van der Waals surface area contributed by atoms with Crippen LogP contribution in [-0.4, -0.2) is 38.6 Å². The molecule has 0 saturated carbocycles. The number of para-hydroxylation sites is 2. The van der Waals surface area contributed by atoms with Crippen LogP contribution in [0.15, 0.2) is 84.9 Å². The average molecular weight is 447 g/mol. The van der Waals surface area contributed by atoms with Gasteiger partial charge >= 0.3 is 0 Å². The van der Waals surface area contributed by atoms with Gasteiger partial charge in [0, 0.05) is 26.3 Å². The Balaban J connectivity index is 1.64. The van der Waals surface area contributed by atoms with Gasteiger partial charge in [0.25, 0.3) is 0 Å². The number of anilines is 1. The zero-order valence-electron chi connectivity index (χ0n) is 19.5. The lowest BCUT2D eigenvalue weighted by molar-refractivity contribution is -0.131. The predicted molar refractivity (Wildman–Crippen MR) is 133 cm³/mol. The molecule has 33 heavy (non-hydrogen) atoms. The number of benzene rings is 3. The lowest BCUT2D eigenvalue weighted by atomic mass is 9.97. The van der Waals surface area contributed by atoms with Crippen molar-refractivity contribution in [2.45, 2.75) is 38.8 Å². The first-order valence-electron chi connectivity index (χ1n) is 11.8. The summed E-state index contributed by atoms with van der Waals surface area (Å²) in [4.78, 5) is 2.39. The van der Waals surface area contributed by atoms with Gasteiger partial charge in [-0.25, -0.2) is 0 Å². The van der Waals surface area contributed by atoms with E-state index in [1.807, 2.05) is 38.1 Å². The van der Waals surface area contributed by atoms with E-state index in [-0.39, 0.29) is 18.4 Å². The Hall–Kier alpha value is -2.86. The summed E-state index contributed by atoms with van der Waals surface area (Å²) in [5.41, 5.74) is 3.49. The smallest absolute Gasteiger partial charge is 0.174 e. The van der Waals surface area contributed by atoms with Crippen LogP contribution in [0.3, 0.4) is 0 Å². The average Bonchev–Trinajstić information content (AvgIpc) is 2.86. The quantitative estimate of drug-likeness (QED) is 0.411. The highest BCUT2D eigenvalue weighted by atomic mass is 16.7. The summed E-state index contributed by atoms with van der Waals surface area (Å²) in [6.07, 6.45) is -0.424. The van der Waals surface area contributed by atoms with E-state index < -0.39 is 0 Å². The monoisotopic (exact) mass is 446 g/mol. The highest BCUT2D eigenvalue weighted by molar-refractivity contribution is 5.61. The van der Waals surface area contributed by atoms with Crippen LogP contribution in [0.25, 0.3) is 0 Å². The molecule has 0 aromatic heterocycles. The minimum atomic E-state index is -0.306. The summed E-state index contributed by atoms with van der Waals surface area (Å²) in [6.45, 7) is 7.41. The minimum Gasteiger partial charge on any atom is -0.481 e. The van der Waals surface area contributed by atoms with Crippen LogP contribution in [0, 0.1) is 0 Å². The zero-order chi connectivity index (χ0) is 22.9. The fourth-order valence-corrected chi connectivity index (χ4v) is 4.38. The molecule has 0 bridgehead atoms. The van der Waals surface area contributed by atoms with Crippen molar-refractivity contribution in [2.24, 2.45) is 0 Å². The molecule has 2 unspecified atom stereocenters. The minimum absolute atomic E-state index is 0.0643. The van der Waals surface area contributed by atoms with Gasteiger partial charge in [0.05, 0.1) is 18.3 Å². The molecule has 4 rings (SSSR count). The van der Waals surface area contributed by atoms with E-state index in [1.54, 1.807) is 0 Å². The number of fused-ring (bicyclic) bond motifs is 1. The fourth-order valence-electron chi connectivity index (χ4n) is 4.38. The molecule has 0 radical (unpaired) electrons. The molecule has 2 atom stereocenters. The van der Waals surface area contributed by atoms with Crippen LogP contribution in [0.2, 0.25) is 0 Å². The molecule has 5 heteroatoms. The van der Waals surface area contributed by atoms with E-state index in [4.69, 9.17) is 14.2 Å². The van der Waals surface area contributed by atoms with Crippen LogP contribution in [0.5, 0.6) is 5.75 Å². The molecule has 1 N–H and O–H groups in total. The van der Waals surface area contributed by atoms with E-state index in [0.29, 0.717) is 19.8 Å². The third-order valence-electron chi connectivity index (χ3n) is 5.88. The number of ether oxygens (including phenoxy) is 3. The molecule has 0 fully saturated rings. The standard InChI is InChI=1S/C28H34N2O3/c1-3-31-27(32-4-2)21-30-24-17-11-12-18-26(24)33-28(23-15-9-6-10-16-23)25(30)20-29-19-22-13-7-5-8-14-22/h5-18,25,27-29H,3-4,19-21H2,1-2H3. The van der Waals surface area contributed by atoms with Crippen LogP contribution in [0.4, 0.5) is 5.69 Å². The predicted octanol–water partition coefficient (Wildman–Crippen LogP) is 5.18. The Kier molecular flexibility index (Phi) is 8.36. The first kappa shape index (κ1) is 23.3. The Morgan fingerprint density at radius 2 is 1.48 bits per heavy atom. The Morgan fingerprint density at radius 1 is 0.848 bits per heavy atom. The van der Waals surface area contributed by atoms with Crippen LogP contribution in [0.1, 0.15) is 31.1 Å². The number of rotatable bonds is 11. The molecule has 0 saturated heterocycles. The van der Waals surface area contributed by atoms with E-state index in [1.165, 1.54) is 5.56 Å². The number of hydrogen-bond donors (Lipinski definition) is 1. The molecular weight excluding hydrogens is 412 g/mol. The first-order valence-corrected chi connectivity index (χ1v) is 11.8. The molecule has 1 aliphatic heterocycles. The third-order valence-corrected chi connectivity index (χ3v) is 5.88. The summed E-state index contributed by atoms with van der Waals surface area (Å²) in [5, 5.41) is 3.67. The van der Waals surface area contributed by atoms with Crippen molar-refractivity contribution >= 4 is 5.69 Å². The second-order valence-electron chi connectivity index (χ2n) is 8.09. The van der Waals surface area contributed by atoms with Gasteiger partial charge in [-0.2, -0.15) is 0 Å². The molecule has 1 heterocycles. The molecule has 1 aliphatic rings. The van der Waals surface area contributed by atoms with Gasteiger partial charge in [0.1, 0.15) is 11.9 Å². The summed E-state index contributed by atoms with van der Waals surface area (Å²) in [5.74, 6) is 0.886. The number of hydrogen-bond acceptors (Lipinski definition) is 5. The molecule has 174 valence electrons. The summed E-state index contributed by atoms with van der Waals surface area (Å²) < 4.78 is 18.5. The largest absolute Gasteiger partial charge is 0.481 e. The highest BCUT2D eigenvalue weighted by Crippen LogP contribution is 2.41. The third kappa shape index (κ3) is 5.93. The van der Waals surface area contributed by atoms with Crippen molar-refractivity contribution in [3.05, 3.63) is 96.1 Å². The molecule has 3 aromatic rings. The summed E-state index contributed by atoms with van der Waals surface area (Å²) in [7, 11) is 0. The van der Waals surface area contributed by atoms with Gasteiger partial charge in [-0.1, -0.05) is 72.8 Å². The maximum atomic E-state index is 6.60. The zero-order valence-corrected chi connectivity index (χ0v) is 19.5. The van der Waals surface area contributed by atoms with Crippen LogP contribution in [-0.2, 0) is 16.0 Å².